The van der Waals surface area contributed by atoms with Crippen LogP contribution in [0.3, 0.4) is 0 Å². The van der Waals surface area contributed by atoms with Gasteiger partial charge in [0.25, 0.3) is 0 Å². The van der Waals surface area contributed by atoms with Crippen molar-refractivity contribution < 1.29 is 0 Å². The van der Waals surface area contributed by atoms with E-state index in [2.05, 4.69) is 35.5 Å². The van der Waals surface area contributed by atoms with Crippen molar-refractivity contribution in [2.45, 2.75) is 63.8 Å². The molecule has 1 aliphatic rings. The van der Waals surface area contributed by atoms with Crippen LogP contribution < -0.4 is 5.32 Å². The van der Waals surface area contributed by atoms with Gasteiger partial charge >= 0.3 is 0 Å². The fraction of sp³-hybridized carbons (Fsp3) is 0.867. The zero-order valence-corrected chi connectivity index (χ0v) is 13.9. The lowest BCUT2D eigenvalue weighted by atomic mass is 9.88. The van der Waals surface area contributed by atoms with Crippen molar-refractivity contribution in [3.8, 4) is 0 Å². The lowest BCUT2D eigenvalue weighted by Crippen LogP contribution is -2.39. The Hall–Kier alpha value is -0.550. The number of hydrogen-bond acceptors (Lipinski definition) is 4. The third-order valence-corrected chi connectivity index (χ3v) is 5.58. The Morgan fingerprint density at radius 1 is 1.35 bits per heavy atom. The summed E-state index contributed by atoms with van der Waals surface area (Å²) in [6, 6.07) is 0. The fourth-order valence-corrected chi connectivity index (χ4v) is 3.92. The average Bonchev–Trinajstić information content (AvgIpc) is 2.86. The Morgan fingerprint density at radius 3 is 2.75 bits per heavy atom. The first kappa shape index (κ1) is 15.8. The van der Waals surface area contributed by atoms with Gasteiger partial charge in [0.05, 0.1) is 6.54 Å². The van der Waals surface area contributed by atoms with E-state index in [0.717, 1.165) is 25.5 Å². The molecule has 1 saturated carbocycles. The molecule has 2 rings (SSSR count). The number of thioether (sulfide) groups is 1. The Bertz CT molecular complexity index is 396. The highest BCUT2D eigenvalue weighted by atomic mass is 32.2. The Morgan fingerprint density at radius 2 is 2.10 bits per heavy atom. The zero-order chi connectivity index (χ0) is 14.4. The molecule has 0 bridgehead atoms. The van der Waals surface area contributed by atoms with Gasteiger partial charge in [0.2, 0.25) is 0 Å². The van der Waals surface area contributed by atoms with E-state index < -0.39 is 0 Å². The van der Waals surface area contributed by atoms with Crippen LogP contribution in [0.1, 0.15) is 51.8 Å². The van der Waals surface area contributed by atoms with Gasteiger partial charge in [-0.1, -0.05) is 33.1 Å². The highest BCUT2D eigenvalue weighted by Crippen LogP contribution is 2.37. The molecule has 20 heavy (non-hydrogen) atoms. The first-order valence-corrected chi connectivity index (χ1v) is 9.00. The van der Waals surface area contributed by atoms with E-state index in [-0.39, 0.29) is 0 Å². The van der Waals surface area contributed by atoms with E-state index in [1.165, 1.54) is 32.1 Å². The third-order valence-electron chi connectivity index (χ3n) is 4.16. The molecule has 0 atom stereocenters. The lowest BCUT2D eigenvalue weighted by molar-refractivity contribution is 0.374. The van der Waals surface area contributed by atoms with Crippen LogP contribution in [0.2, 0.25) is 0 Å². The van der Waals surface area contributed by atoms with Crippen LogP contribution in [0.5, 0.6) is 0 Å². The monoisotopic (exact) mass is 296 g/mol. The molecule has 0 aliphatic heterocycles. The van der Waals surface area contributed by atoms with Crippen LogP contribution in [-0.2, 0) is 13.1 Å². The second-order valence-corrected chi connectivity index (χ2v) is 7.58. The van der Waals surface area contributed by atoms with Gasteiger partial charge in [-0.3, -0.25) is 0 Å². The molecule has 4 nitrogen and oxygen atoms in total. The number of nitrogens with zero attached hydrogens (tertiary/aromatic N) is 3. The number of aromatic nitrogens is 3. The third kappa shape index (κ3) is 4.22. The maximum absolute atomic E-state index is 4.38. The summed E-state index contributed by atoms with van der Waals surface area (Å²) < 4.78 is 2.48. The van der Waals surface area contributed by atoms with Gasteiger partial charge in [-0.2, -0.15) is 16.9 Å². The molecule has 1 heterocycles. The first-order chi connectivity index (χ1) is 9.65. The normalized spacial score (nSPS) is 18.6. The summed E-state index contributed by atoms with van der Waals surface area (Å²) in [7, 11) is 0. The molecule has 1 N–H and O–H groups in total. The molecule has 114 valence electrons. The van der Waals surface area contributed by atoms with Crippen molar-refractivity contribution in [3.05, 3.63) is 12.2 Å². The van der Waals surface area contributed by atoms with E-state index >= 15 is 0 Å². The molecule has 0 amide bonds. The smallest absolute Gasteiger partial charge is 0.140 e. The summed E-state index contributed by atoms with van der Waals surface area (Å²) in [5.74, 6) is 1.66. The van der Waals surface area contributed by atoms with Crippen LogP contribution in [0.25, 0.3) is 0 Å². The number of rotatable bonds is 7. The second-order valence-electron chi connectivity index (χ2n) is 6.30. The molecule has 0 saturated heterocycles. The van der Waals surface area contributed by atoms with Crippen molar-refractivity contribution in [2.75, 3.05) is 12.8 Å². The molecule has 5 heteroatoms. The molecule has 0 aromatic carbocycles. The summed E-state index contributed by atoms with van der Waals surface area (Å²) in [6.07, 6.45) is 10.8. The van der Waals surface area contributed by atoms with Gasteiger partial charge in [0, 0.05) is 17.8 Å². The van der Waals surface area contributed by atoms with E-state index in [4.69, 9.17) is 0 Å². The summed E-state index contributed by atoms with van der Waals surface area (Å²) in [4.78, 5) is 4.38. The summed E-state index contributed by atoms with van der Waals surface area (Å²) in [6.45, 7) is 7.29. The first-order valence-electron chi connectivity index (χ1n) is 7.78. The van der Waals surface area contributed by atoms with Gasteiger partial charge in [-0.25, -0.2) is 9.67 Å². The van der Waals surface area contributed by atoms with Crippen molar-refractivity contribution in [1.29, 1.82) is 0 Å². The quantitative estimate of drug-likeness (QED) is 0.839. The molecule has 1 fully saturated rings. The van der Waals surface area contributed by atoms with Crippen molar-refractivity contribution in [3.63, 3.8) is 0 Å². The number of nitrogens with one attached hydrogen (secondary N) is 1. The fourth-order valence-electron chi connectivity index (χ4n) is 2.97. The Kier molecular flexibility index (Phi) is 5.90. The molecular weight excluding hydrogens is 268 g/mol. The minimum absolute atomic E-state index is 0.446. The minimum atomic E-state index is 0.446. The highest BCUT2D eigenvalue weighted by Gasteiger charge is 2.30. The van der Waals surface area contributed by atoms with Gasteiger partial charge in [0.1, 0.15) is 12.2 Å². The highest BCUT2D eigenvalue weighted by molar-refractivity contribution is 8.00. The largest absolute Gasteiger partial charge is 0.308 e. The van der Waals surface area contributed by atoms with E-state index in [9.17, 15) is 0 Å². The van der Waals surface area contributed by atoms with Crippen molar-refractivity contribution in [1.82, 2.24) is 20.1 Å². The predicted molar refractivity (Wildman–Crippen MR) is 85.9 cm³/mol. The summed E-state index contributed by atoms with van der Waals surface area (Å²) in [5.41, 5.74) is 0. The maximum atomic E-state index is 4.38. The van der Waals surface area contributed by atoms with Crippen LogP contribution in [0, 0.1) is 5.92 Å². The molecule has 1 aromatic heterocycles. The average molecular weight is 296 g/mol. The zero-order valence-electron chi connectivity index (χ0n) is 13.1. The minimum Gasteiger partial charge on any atom is -0.308 e. The van der Waals surface area contributed by atoms with Crippen molar-refractivity contribution in [2.24, 2.45) is 5.92 Å². The summed E-state index contributed by atoms with van der Waals surface area (Å²) >= 11 is 2.04. The number of hydrogen-bond donors (Lipinski definition) is 1. The molecule has 1 aromatic rings. The van der Waals surface area contributed by atoms with Crippen LogP contribution in [0.4, 0.5) is 0 Å². The standard InChI is InChI=1S/C15H28N4S/c1-13(2)10-19-14(17-12-18-19)9-16-11-15(20-3)7-5-4-6-8-15/h12-13,16H,4-11H2,1-3H3. The Balaban J connectivity index is 1.84. The van der Waals surface area contributed by atoms with Crippen LogP contribution >= 0.6 is 11.8 Å². The SMILES string of the molecule is CSC1(CNCc2ncnn2CC(C)C)CCCCC1. The second kappa shape index (κ2) is 7.46. The molecule has 0 spiro atoms. The molecule has 0 radical (unpaired) electrons. The topological polar surface area (TPSA) is 42.7 Å². The molecule has 1 aliphatic carbocycles. The van der Waals surface area contributed by atoms with Gasteiger partial charge in [-0.15, -0.1) is 0 Å². The van der Waals surface area contributed by atoms with E-state index in [1.54, 1.807) is 6.33 Å². The predicted octanol–water partition coefficient (Wildman–Crippen LogP) is 3.09. The summed E-state index contributed by atoms with van der Waals surface area (Å²) in [5, 5.41) is 7.94. The van der Waals surface area contributed by atoms with Crippen molar-refractivity contribution >= 4 is 11.8 Å². The van der Waals surface area contributed by atoms with Gasteiger partial charge < -0.3 is 5.32 Å². The van der Waals surface area contributed by atoms with Gasteiger partial charge in [-0.05, 0) is 25.0 Å². The lowest BCUT2D eigenvalue weighted by Gasteiger charge is -2.36. The maximum Gasteiger partial charge on any atom is 0.140 e. The Labute approximate surface area is 127 Å². The van der Waals surface area contributed by atoms with E-state index in [1.807, 2.05) is 16.4 Å². The van der Waals surface area contributed by atoms with Crippen LogP contribution in [0.15, 0.2) is 6.33 Å². The molecule has 0 unspecified atom stereocenters. The van der Waals surface area contributed by atoms with Crippen LogP contribution in [-0.4, -0.2) is 32.3 Å². The van der Waals surface area contributed by atoms with E-state index in [0.29, 0.717) is 10.7 Å². The molecular formula is C15H28N4S. The van der Waals surface area contributed by atoms with Gasteiger partial charge in [0.15, 0.2) is 0 Å².